The number of aliphatic carboxylic acids is 1. The molecule has 1 saturated carbocycles. The number of carboxylic acids is 1. The third kappa shape index (κ3) is 2.98. The summed E-state index contributed by atoms with van der Waals surface area (Å²) < 4.78 is 1.37. The van der Waals surface area contributed by atoms with Crippen molar-refractivity contribution in [1.82, 2.24) is 0 Å². The molecule has 0 spiro atoms. The molecule has 0 aliphatic heterocycles. The van der Waals surface area contributed by atoms with E-state index in [1.54, 1.807) is 0 Å². The Morgan fingerprint density at radius 3 is 2.62 bits per heavy atom. The predicted octanol–water partition coefficient (Wildman–Crippen LogP) is 5.20. The van der Waals surface area contributed by atoms with Gasteiger partial charge in [0.2, 0.25) is 0 Å². The summed E-state index contributed by atoms with van der Waals surface area (Å²) in [6.45, 7) is 4.01. The summed E-state index contributed by atoms with van der Waals surface area (Å²) >= 11 is 1.85. The van der Waals surface area contributed by atoms with Crippen LogP contribution in [0.2, 0.25) is 0 Å². The van der Waals surface area contributed by atoms with E-state index in [1.807, 2.05) is 18.3 Å². The molecule has 2 nitrogen and oxygen atoms in total. The molecule has 21 heavy (non-hydrogen) atoms. The third-order valence-electron chi connectivity index (χ3n) is 5.00. The number of aryl methyl sites for hydroxylation is 1. The van der Waals surface area contributed by atoms with Crippen molar-refractivity contribution in [2.45, 2.75) is 45.4 Å². The number of hydrogen-bond acceptors (Lipinski definition) is 2. The van der Waals surface area contributed by atoms with E-state index in [1.165, 1.54) is 20.5 Å². The quantitative estimate of drug-likeness (QED) is 0.845. The molecule has 0 bridgehead atoms. The molecule has 1 N–H and O–H groups in total. The number of rotatable bonds is 3. The van der Waals surface area contributed by atoms with Crippen LogP contribution >= 0.6 is 11.3 Å². The van der Waals surface area contributed by atoms with Crippen LogP contribution in [-0.4, -0.2) is 11.1 Å². The molecule has 1 fully saturated rings. The molecule has 0 radical (unpaired) electrons. The number of benzene rings is 1. The lowest BCUT2D eigenvalue weighted by Gasteiger charge is -2.31. The number of hydrogen-bond donors (Lipinski definition) is 1. The smallest absolute Gasteiger partial charge is 0.306 e. The minimum Gasteiger partial charge on any atom is -0.481 e. The molecule has 1 unspecified atom stereocenters. The summed E-state index contributed by atoms with van der Waals surface area (Å²) in [5.74, 6) is 0.110. The fourth-order valence-corrected chi connectivity index (χ4v) is 4.51. The first-order valence-corrected chi connectivity index (χ1v) is 8.59. The second kappa shape index (κ2) is 5.80. The van der Waals surface area contributed by atoms with E-state index < -0.39 is 5.97 Å². The largest absolute Gasteiger partial charge is 0.481 e. The van der Waals surface area contributed by atoms with E-state index in [9.17, 15) is 4.79 Å². The monoisotopic (exact) mass is 302 g/mol. The van der Waals surface area contributed by atoms with Crippen LogP contribution in [0.15, 0.2) is 24.3 Å². The molecule has 0 saturated heterocycles. The zero-order valence-corrected chi connectivity index (χ0v) is 13.5. The number of carboxylic acid groups (broad SMARTS) is 1. The first-order valence-electron chi connectivity index (χ1n) is 7.77. The summed E-state index contributed by atoms with van der Waals surface area (Å²) in [7, 11) is 0. The minimum atomic E-state index is -0.645. The molecule has 0 amide bonds. The molecule has 3 heteroatoms. The fourth-order valence-electron chi connectivity index (χ4n) is 3.60. The highest BCUT2D eigenvalue weighted by atomic mass is 32.1. The normalized spacial score (nSPS) is 24.1. The fraction of sp³-hybridized carbons (Fsp3) is 0.500. The van der Waals surface area contributed by atoms with Gasteiger partial charge in [0, 0.05) is 9.58 Å². The molecule has 1 atom stereocenters. The molecule has 3 rings (SSSR count). The van der Waals surface area contributed by atoms with Crippen molar-refractivity contribution < 1.29 is 9.90 Å². The highest BCUT2D eigenvalue weighted by Crippen LogP contribution is 2.40. The van der Waals surface area contributed by atoms with E-state index in [-0.39, 0.29) is 5.92 Å². The van der Waals surface area contributed by atoms with E-state index in [2.05, 4.69) is 31.2 Å². The van der Waals surface area contributed by atoms with E-state index in [0.29, 0.717) is 11.8 Å². The summed E-state index contributed by atoms with van der Waals surface area (Å²) in [6, 6.07) is 9.12. The maximum atomic E-state index is 11.1. The first-order chi connectivity index (χ1) is 10.0. The average molecular weight is 302 g/mol. The zero-order valence-electron chi connectivity index (χ0n) is 12.6. The van der Waals surface area contributed by atoms with Crippen molar-refractivity contribution in [3.63, 3.8) is 0 Å². The van der Waals surface area contributed by atoms with Gasteiger partial charge in [-0.2, -0.15) is 0 Å². The Bertz CT molecular complexity index is 650. The minimum absolute atomic E-state index is 0.201. The van der Waals surface area contributed by atoms with E-state index >= 15 is 0 Å². The summed E-state index contributed by atoms with van der Waals surface area (Å²) in [5.41, 5.74) is 1.43. The molecular weight excluding hydrogens is 280 g/mol. The molecule has 1 aliphatic rings. The van der Waals surface area contributed by atoms with Gasteiger partial charge < -0.3 is 5.11 Å². The highest BCUT2D eigenvalue weighted by molar-refractivity contribution is 7.19. The summed E-state index contributed by atoms with van der Waals surface area (Å²) in [4.78, 5) is 12.5. The summed E-state index contributed by atoms with van der Waals surface area (Å²) in [6.07, 6.45) is 4.32. The summed E-state index contributed by atoms with van der Waals surface area (Å²) in [5, 5.41) is 10.5. The second-order valence-corrected chi connectivity index (χ2v) is 7.68. The molecule has 1 aromatic heterocycles. The molecule has 1 heterocycles. The Hall–Kier alpha value is -1.35. The molecule has 2 aromatic rings. The Labute approximate surface area is 129 Å². The van der Waals surface area contributed by atoms with Gasteiger partial charge in [0.05, 0.1) is 5.92 Å². The van der Waals surface area contributed by atoms with Gasteiger partial charge in [0.25, 0.3) is 0 Å². The van der Waals surface area contributed by atoms with Gasteiger partial charge >= 0.3 is 5.97 Å². The number of thiophene rings is 1. The Morgan fingerprint density at radius 1 is 1.24 bits per heavy atom. The lowest BCUT2D eigenvalue weighted by molar-refractivity contribution is -0.143. The van der Waals surface area contributed by atoms with Gasteiger partial charge in [-0.25, -0.2) is 0 Å². The van der Waals surface area contributed by atoms with Gasteiger partial charge in [-0.3, -0.25) is 4.79 Å². The lowest BCUT2D eigenvalue weighted by atomic mass is 9.74. The Kier molecular flexibility index (Phi) is 4.03. The van der Waals surface area contributed by atoms with Crippen LogP contribution in [0.25, 0.3) is 10.1 Å². The number of fused-ring (bicyclic) bond motifs is 1. The molecule has 1 aliphatic carbocycles. The van der Waals surface area contributed by atoms with Crippen molar-refractivity contribution in [3.8, 4) is 0 Å². The van der Waals surface area contributed by atoms with Crippen LogP contribution in [0.1, 0.15) is 49.0 Å². The van der Waals surface area contributed by atoms with Crippen LogP contribution in [0.4, 0.5) is 0 Å². The van der Waals surface area contributed by atoms with Gasteiger partial charge in [0.1, 0.15) is 0 Å². The van der Waals surface area contributed by atoms with Crippen molar-refractivity contribution in [2.24, 2.45) is 11.8 Å². The highest BCUT2D eigenvalue weighted by Gasteiger charge is 2.29. The Morgan fingerprint density at radius 2 is 1.95 bits per heavy atom. The zero-order chi connectivity index (χ0) is 15.0. The maximum absolute atomic E-state index is 11.1. The van der Waals surface area contributed by atoms with Crippen LogP contribution in [-0.2, 0) is 4.79 Å². The van der Waals surface area contributed by atoms with Crippen molar-refractivity contribution in [1.29, 1.82) is 0 Å². The molecule has 112 valence electrons. The maximum Gasteiger partial charge on any atom is 0.306 e. The van der Waals surface area contributed by atoms with Crippen molar-refractivity contribution in [3.05, 3.63) is 34.7 Å². The first kappa shape index (κ1) is 14.6. The topological polar surface area (TPSA) is 37.3 Å². The Balaban J connectivity index is 1.71. The van der Waals surface area contributed by atoms with E-state index in [0.717, 1.165) is 25.7 Å². The van der Waals surface area contributed by atoms with Crippen LogP contribution < -0.4 is 0 Å². The van der Waals surface area contributed by atoms with Gasteiger partial charge in [-0.1, -0.05) is 19.1 Å². The number of carbonyl (C=O) groups is 1. The average Bonchev–Trinajstić information content (AvgIpc) is 2.85. The lowest BCUT2D eigenvalue weighted by Crippen LogP contribution is -2.24. The molecular formula is C18H22O2S. The molecule has 1 aromatic carbocycles. The van der Waals surface area contributed by atoms with Gasteiger partial charge in [-0.15, -0.1) is 11.3 Å². The van der Waals surface area contributed by atoms with E-state index in [4.69, 9.17) is 5.11 Å². The van der Waals surface area contributed by atoms with Crippen LogP contribution in [0, 0.1) is 18.8 Å². The predicted molar refractivity (Wildman–Crippen MR) is 88.1 cm³/mol. The third-order valence-corrected chi connectivity index (χ3v) is 6.03. The second-order valence-electron chi connectivity index (χ2n) is 6.39. The SMILES string of the molecule is Cc1cc2cc(C3CCC(C(C)C(=O)O)CC3)ccc2s1. The van der Waals surface area contributed by atoms with Gasteiger partial charge in [0.15, 0.2) is 0 Å². The van der Waals surface area contributed by atoms with Crippen LogP contribution in [0.5, 0.6) is 0 Å². The van der Waals surface area contributed by atoms with Crippen molar-refractivity contribution >= 4 is 27.4 Å². The standard InChI is InChI=1S/C18H22O2S/c1-11-9-16-10-15(7-8-17(16)21-11)14-5-3-13(4-6-14)12(2)18(19)20/h7-10,12-14H,3-6H2,1-2H3,(H,19,20). The van der Waals surface area contributed by atoms with Gasteiger partial charge in [-0.05, 0) is 67.5 Å². The van der Waals surface area contributed by atoms with Crippen LogP contribution in [0.3, 0.4) is 0 Å². The van der Waals surface area contributed by atoms with Crippen molar-refractivity contribution in [2.75, 3.05) is 0 Å².